The van der Waals surface area contributed by atoms with Crippen molar-refractivity contribution in [1.82, 2.24) is 9.21 Å². The first kappa shape index (κ1) is 19.9. The minimum Gasteiger partial charge on any atom is -0.495 e. The third kappa shape index (κ3) is 3.49. The first-order valence-electron chi connectivity index (χ1n) is 8.79. The normalized spacial score (nSPS) is 17.1. The zero-order valence-corrected chi connectivity index (χ0v) is 17.6. The van der Waals surface area contributed by atoms with Gasteiger partial charge in [0.05, 0.1) is 13.2 Å². The highest BCUT2D eigenvalue weighted by molar-refractivity contribution is 7.89. The molecule has 0 radical (unpaired) electrons. The number of benzene rings is 1. The Balaban J connectivity index is 2.01. The molecule has 0 saturated carbocycles. The van der Waals surface area contributed by atoms with Crippen LogP contribution in [0.15, 0.2) is 34.5 Å². The van der Waals surface area contributed by atoms with Crippen molar-refractivity contribution in [3.8, 4) is 5.75 Å². The summed E-state index contributed by atoms with van der Waals surface area (Å²) in [5.74, 6) is 0.0719. The fourth-order valence-electron chi connectivity index (χ4n) is 3.45. The lowest BCUT2D eigenvalue weighted by atomic mass is 9.97. The lowest BCUT2D eigenvalue weighted by molar-refractivity contribution is 0.0657. The Morgan fingerprint density at radius 1 is 1.33 bits per heavy atom. The van der Waals surface area contributed by atoms with Gasteiger partial charge in [0, 0.05) is 31.1 Å². The molecule has 1 aromatic carbocycles. The van der Waals surface area contributed by atoms with Gasteiger partial charge in [0.2, 0.25) is 10.0 Å². The molecule has 1 amide bonds. The minimum atomic E-state index is -3.73. The zero-order valence-electron chi connectivity index (χ0n) is 15.9. The minimum absolute atomic E-state index is 0.00197. The average molecular weight is 409 g/mol. The first-order valence-corrected chi connectivity index (χ1v) is 11.1. The summed E-state index contributed by atoms with van der Waals surface area (Å²) in [5.41, 5.74) is 1.56. The largest absolute Gasteiger partial charge is 0.495 e. The standard InChI is InChI=1S/C19H24N2O4S2/c1-5-15-14-9-11-26-17(14)8-10-21(15)19(22)13-6-7-16(25-4)18(12-13)27(23,24)20(2)3/h6-7,9,11-12,15H,5,8,10H2,1-4H3/t15-/m1/s1. The SMILES string of the molecule is CC[C@@H]1c2ccsc2CCN1C(=O)c1ccc(OC)c(S(=O)(=O)N(C)C)c1. The summed E-state index contributed by atoms with van der Waals surface area (Å²) < 4.78 is 31.6. The second-order valence-electron chi connectivity index (χ2n) is 6.62. The van der Waals surface area contributed by atoms with Crippen LogP contribution < -0.4 is 4.74 Å². The van der Waals surface area contributed by atoms with Gasteiger partial charge in [-0.3, -0.25) is 4.79 Å². The molecule has 0 bridgehead atoms. The number of thiophene rings is 1. The number of methoxy groups -OCH3 is 1. The van der Waals surface area contributed by atoms with Crippen molar-refractivity contribution >= 4 is 27.3 Å². The molecule has 1 aliphatic heterocycles. The van der Waals surface area contributed by atoms with Gasteiger partial charge in [-0.15, -0.1) is 11.3 Å². The average Bonchev–Trinajstić information content (AvgIpc) is 3.14. The van der Waals surface area contributed by atoms with E-state index in [1.54, 1.807) is 23.5 Å². The number of nitrogens with zero attached hydrogens (tertiary/aromatic N) is 2. The van der Waals surface area contributed by atoms with Crippen LogP contribution in [0.4, 0.5) is 0 Å². The van der Waals surface area contributed by atoms with E-state index >= 15 is 0 Å². The maximum absolute atomic E-state index is 13.2. The Hall–Kier alpha value is -1.90. The van der Waals surface area contributed by atoms with E-state index in [2.05, 4.69) is 18.4 Å². The van der Waals surface area contributed by atoms with E-state index in [9.17, 15) is 13.2 Å². The molecule has 0 aliphatic carbocycles. The van der Waals surface area contributed by atoms with Gasteiger partial charge in [0.1, 0.15) is 10.6 Å². The number of sulfonamides is 1. The van der Waals surface area contributed by atoms with E-state index < -0.39 is 10.0 Å². The topological polar surface area (TPSA) is 66.9 Å². The molecule has 3 rings (SSSR count). The van der Waals surface area contributed by atoms with Gasteiger partial charge in [-0.25, -0.2) is 12.7 Å². The number of ether oxygens (including phenoxy) is 1. The van der Waals surface area contributed by atoms with Crippen LogP contribution in [0.1, 0.15) is 40.2 Å². The van der Waals surface area contributed by atoms with Gasteiger partial charge >= 0.3 is 0 Å². The second kappa shape index (κ2) is 7.61. The van der Waals surface area contributed by atoms with E-state index in [0.717, 1.165) is 17.1 Å². The highest BCUT2D eigenvalue weighted by atomic mass is 32.2. The van der Waals surface area contributed by atoms with E-state index in [4.69, 9.17) is 4.74 Å². The molecule has 0 fully saturated rings. The maximum Gasteiger partial charge on any atom is 0.254 e. The molecule has 0 saturated heterocycles. The van der Waals surface area contributed by atoms with Crippen LogP contribution in [0.5, 0.6) is 5.75 Å². The molecule has 2 aromatic rings. The fraction of sp³-hybridized carbons (Fsp3) is 0.421. The Labute approximate surface area is 164 Å². The molecule has 6 nitrogen and oxygen atoms in total. The van der Waals surface area contributed by atoms with Crippen LogP contribution in [0, 0.1) is 0 Å². The fourth-order valence-corrected chi connectivity index (χ4v) is 5.46. The quantitative estimate of drug-likeness (QED) is 0.762. The maximum atomic E-state index is 13.2. The van der Waals surface area contributed by atoms with Crippen LogP contribution in [-0.4, -0.2) is 51.3 Å². The smallest absolute Gasteiger partial charge is 0.254 e. The summed E-state index contributed by atoms with van der Waals surface area (Å²) in [6, 6.07) is 6.70. The molecule has 2 heterocycles. The van der Waals surface area contributed by atoms with Crippen molar-refractivity contribution in [1.29, 1.82) is 0 Å². The number of fused-ring (bicyclic) bond motifs is 1. The monoisotopic (exact) mass is 408 g/mol. The number of carbonyl (C=O) groups is 1. The van der Waals surface area contributed by atoms with E-state index in [1.165, 1.54) is 37.7 Å². The highest BCUT2D eigenvalue weighted by Gasteiger charge is 2.32. The Morgan fingerprint density at radius 2 is 2.07 bits per heavy atom. The van der Waals surface area contributed by atoms with E-state index in [0.29, 0.717) is 12.1 Å². The number of hydrogen-bond donors (Lipinski definition) is 0. The van der Waals surface area contributed by atoms with Crippen LogP contribution in [-0.2, 0) is 16.4 Å². The molecule has 1 atom stereocenters. The summed E-state index contributed by atoms with van der Waals surface area (Å²) in [5, 5.41) is 2.07. The van der Waals surface area contributed by atoms with Gasteiger partial charge in [0.15, 0.2) is 0 Å². The van der Waals surface area contributed by atoms with Crippen LogP contribution in [0.2, 0.25) is 0 Å². The molecule has 27 heavy (non-hydrogen) atoms. The number of carbonyl (C=O) groups excluding carboxylic acids is 1. The van der Waals surface area contributed by atoms with Crippen LogP contribution in [0.3, 0.4) is 0 Å². The van der Waals surface area contributed by atoms with E-state index in [1.807, 2.05) is 4.90 Å². The summed E-state index contributed by atoms with van der Waals surface area (Å²) >= 11 is 1.73. The lowest BCUT2D eigenvalue weighted by Gasteiger charge is -2.35. The van der Waals surface area contributed by atoms with Gasteiger partial charge in [0.25, 0.3) is 5.91 Å². The molecular weight excluding hydrogens is 384 g/mol. The third-order valence-corrected chi connectivity index (χ3v) is 7.74. The Bertz CT molecular complexity index is 950. The van der Waals surface area contributed by atoms with Crippen molar-refractivity contribution < 1.29 is 17.9 Å². The molecular formula is C19H24N2O4S2. The lowest BCUT2D eigenvalue weighted by Crippen LogP contribution is -2.39. The summed E-state index contributed by atoms with van der Waals surface area (Å²) in [6.07, 6.45) is 1.64. The van der Waals surface area contributed by atoms with Gasteiger partial charge in [-0.1, -0.05) is 6.92 Å². The van der Waals surface area contributed by atoms with Gasteiger partial charge < -0.3 is 9.64 Å². The summed E-state index contributed by atoms with van der Waals surface area (Å²) in [6.45, 7) is 2.69. The highest BCUT2D eigenvalue weighted by Crippen LogP contribution is 2.36. The van der Waals surface area contributed by atoms with E-state index in [-0.39, 0.29) is 22.6 Å². The number of amides is 1. The van der Waals surface area contributed by atoms with Gasteiger partial charge in [-0.2, -0.15) is 0 Å². The predicted molar refractivity (Wildman–Crippen MR) is 106 cm³/mol. The Kier molecular flexibility index (Phi) is 5.60. The van der Waals surface area contributed by atoms with Crippen LogP contribution >= 0.6 is 11.3 Å². The van der Waals surface area contributed by atoms with Crippen LogP contribution in [0.25, 0.3) is 0 Å². The molecule has 0 N–H and O–H groups in total. The van der Waals surface area contributed by atoms with Crippen molar-refractivity contribution in [2.45, 2.75) is 30.7 Å². The van der Waals surface area contributed by atoms with Crippen molar-refractivity contribution in [2.24, 2.45) is 0 Å². The zero-order chi connectivity index (χ0) is 19.8. The van der Waals surface area contributed by atoms with Crippen molar-refractivity contribution in [2.75, 3.05) is 27.7 Å². The summed E-state index contributed by atoms with van der Waals surface area (Å²) in [4.78, 5) is 16.4. The third-order valence-electron chi connectivity index (χ3n) is 4.91. The number of rotatable bonds is 5. The molecule has 8 heteroatoms. The van der Waals surface area contributed by atoms with Crippen molar-refractivity contribution in [3.05, 3.63) is 45.6 Å². The molecule has 1 aliphatic rings. The molecule has 1 aromatic heterocycles. The second-order valence-corrected chi connectivity index (χ2v) is 9.75. The summed E-state index contributed by atoms with van der Waals surface area (Å²) in [7, 11) is 0.607. The van der Waals surface area contributed by atoms with Crippen molar-refractivity contribution in [3.63, 3.8) is 0 Å². The molecule has 0 unspecified atom stereocenters. The number of hydrogen-bond acceptors (Lipinski definition) is 5. The predicted octanol–water partition coefficient (Wildman–Crippen LogP) is 3.16. The Morgan fingerprint density at radius 3 is 2.70 bits per heavy atom. The first-order chi connectivity index (χ1) is 12.8. The molecule has 0 spiro atoms. The van der Waals surface area contributed by atoms with Gasteiger partial charge in [-0.05, 0) is 48.1 Å². The molecule has 146 valence electrons.